The number of ether oxygens (including phenoxy) is 1. The van der Waals surface area contributed by atoms with Crippen LogP contribution in [0, 0.1) is 11.8 Å². The minimum absolute atomic E-state index is 0.0236. The van der Waals surface area contributed by atoms with E-state index in [0.717, 1.165) is 18.3 Å². The third-order valence-electron chi connectivity index (χ3n) is 5.06. The summed E-state index contributed by atoms with van der Waals surface area (Å²) in [5.41, 5.74) is -0.0236. The molecule has 4 atom stereocenters. The van der Waals surface area contributed by atoms with Crippen molar-refractivity contribution < 1.29 is 4.74 Å². The third kappa shape index (κ3) is 3.23. The van der Waals surface area contributed by atoms with Crippen molar-refractivity contribution in [3.8, 4) is 0 Å². The molecule has 0 aliphatic heterocycles. The summed E-state index contributed by atoms with van der Waals surface area (Å²) in [4.78, 5) is 0. The predicted octanol–water partition coefficient (Wildman–Crippen LogP) is 3.61. The number of methoxy groups -OCH3 is 1. The molecule has 0 amide bonds. The van der Waals surface area contributed by atoms with Crippen LogP contribution in [0.3, 0.4) is 0 Å². The second kappa shape index (κ2) is 6.75. The zero-order chi connectivity index (χ0) is 12.9. The van der Waals surface area contributed by atoms with E-state index >= 15 is 0 Å². The Balaban J connectivity index is 2.83. The summed E-state index contributed by atoms with van der Waals surface area (Å²) >= 11 is 0. The normalized spacial score (nSPS) is 30.9. The van der Waals surface area contributed by atoms with Gasteiger partial charge < -0.3 is 10.1 Å². The molecule has 0 aromatic carbocycles. The zero-order valence-electron chi connectivity index (χ0n) is 12.4. The standard InChI is InChI=1S/C15H31NO/c1-6-12-10-8-9-11-13(12)14(16-4)15(3,7-2)17-5/h12-14,16H,6-11H2,1-5H3. The molecule has 0 saturated heterocycles. The predicted molar refractivity (Wildman–Crippen MR) is 74.3 cm³/mol. The molecular formula is C15H31NO. The van der Waals surface area contributed by atoms with Gasteiger partial charge in [0.25, 0.3) is 0 Å². The lowest BCUT2D eigenvalue weighted by atomic mass is 9.69. The molecule has 1 aliphatic rings. The average Bonchev–Trinajstić information content (AvgIpc) is 2.39. The van der Waals surface area contributed by atoms with Crippen molar-refractivity contribution in [2.45, 2.75) is 70.9 Å². The Labute approximate surface area is 108 Å². The highest BCUT2D eigenvalue weighted by molar-refractivity contribution is 4.95. The van der Waals surface area contributed by atoms with Crippen LogP contribution in [-0.2, 0) is 4.74 Å². The summed E-state index contributed by atoms with van der Waals surface area (Å²) in [5.74, 6) is 1.66. The molecule has 1 N–H and O–H groups in total. The molecule has 0 heterocycles. The van der Waals surface area contributed by atoms with Crippen LogP contribution < -0.4 is 5.32 Å². The van der Waals surface area contributed by atoms with E-state index in [1.165, 1.54) is 32.1 Å². The van der Waals surface area contributed by atoms with Crippen LogP contribution in [0.4, 0.5) is 0 Å². The second-order valence-electron chi connectivity index (χ2n) is 5.75. The molecule has 0 bridgehead atoms. The van der Waals surface area contributed by atoms with Crippen LogP contribution in [-0.4, -0.2) is 25.8 Å². The molecule has 0 spiro atoms. The van der Waals surface area contributed by atoms with Gasteiger partial charge in [-0.15, -0.1) is 0 Å². The molecule has 4 unspecified atom stereocenters. The van der Waals surface area contributed by atoms with Crippen molar-refractivity contribution in [2.24, 2.45) is 11.8 Å². The summed E-state index contributed by atoms with van der Waals surface area (Å²) in [5, 5.41) is 3.55. The quantitative estimate of drug-likeness (QED) is 0.767. The highest BCUT2D eigenvalue weighted by Gasteiger charge is 2.40. The van der Waals surface area contributed by atoms with Crippen LogP contribution in [0.2, 0.25) is 0 Å². The fourth-order valence-corrected chi connectivity index (χ4v) is 3.65. The van der Waals surface area contributed by atoms with E-state index in [2.05, 4.69) is 33.1 Å². The Morgan fingerprint density at radius 1 is 1.29 bits per heavy atom. The molecule has 17 heavy (non-hydrogen) atoms. The first-order valence-corrected chi connectivity index (χ1v) is 7.35. The van der Waals surface area contributed by atoms with Crippen LogP contribution >= 0.6 is 0 Å². The van der Waals surface area contributed by atoms with Crippen molar-refractivity contribution in [1.29, 1.82) is 0 Å². The summed E-state index contributed by atoms with van der Waals surface area (Å²) in [6.07, 6.45) is 7.96. The van der Waals surface area contributed by atoms with E-state index in [-0.39, 0.29) is 5.60 Å². The lowest BCUT2D eigenvalue weighted by Gasteiger charge is -2.45. The Morgan fingerprint density at radius 3 is 2.41 bits per heavy atom. The highest BCUT2D eigenvalue weighted by Crippen LogP contribution is 2.39. The maximum absolute atomic E-state index is 5.82. The number of hydrogen-bond donors (Lipinski definition) is 1. The molecule has 1 rings (SSSR count). The van der Waals surface area contributed by atoms with Crippen LogP contribution in [0.25, 0.3) is 0 Å². The summed E-state index contributed by atoms with van der Waals surface area (Å²) in [7, 11) is 3.95. The molecule has 1 aliphatic carbocycles. The SMILES string of the molecule is CCC1CCCCC1C(NC)C(C)(CC)OC. The Morgan fingerprint density at radius 2 is 1.94 bits per heavy atom. The third-order valence-corrected chi connectivity index (χ3v) is 5.06. The van der Waals surface area contributed by atoms with Gasteiger partial charge in [0, 0.05) is 13.2 Å². The summed E-state index contributed by atoms with van der Waals surface area (Å²) in [6, 6.07) is 0.489. The Kier molecular flexibility index (Phi) is 5.94. The van der Waals surface area contributed by atoms with E-state index in [1.807, 2.05) is 7.11 Å². The smallest absolute Gasteiger partial charge is 0.0803 e. The lowest BCUT2D eigenvalue weighted by Crippen LogP contribution is -2.55. The number of rotatable bonds is 6. The zero-order valence-corrected chi connectivity index (χ0v) is 12.4. The van der Waals surface area contributed by atoms with Gasteiger partial charge in [0.15, 0.2) is 0 Å². The highest BCUT2D eigenvalue weighted by atomic mass is 16.5. The van der Waals surface area contributed by atoms with Gasteiger partial charge in [0.2, 0.25) is 0 Å². The minimum Gasteiger partial charge on any atom is -0.377 e. The Hall–Kier alpha value is -0.0800. The number of hydrogen-bond acceptors (Lipinski definition) is 2. The largest absolute Gasteiger partial charge is 0.377 e. The van der Waals surface area contributed by atoms with Crippen molar-refractivity contribution in [2.75, 3.05) is 14.2 Å². The van der Waals surface area contributed by atoms with E-state index in [9.17, 15) is 0 Å². The van der Waals surface area contributed by atoms with Gasteiger partial charge in [-0.25, -0.2) is 0 Å². The fraction of sp³-hybridized carbons (Fsp3) is 1.00. The van der Waals surface area contributed by atoms with Crippen molar-refractivity contribution in [1.82, 2.24) is 5.32 Å². The number of likely N-dealkylation sites (N-methyl/N-ethyl adjacent to an activating group) is 1. The van der Waals surface area contributed by atoms with Gasteiger partial charge in [-0.1, -0.05) is 39.5 Å². The van der Waals surface area contributed by atoms with Crippen molar-refractivity contribution >= 4 is 0 Å². The molecule has 102 valence electrons. The van der Waals surface area contributed by atoms with E-state index in [4.69, 9.17) is 4.74 Å². The fourth-order valence-electron chi connectivity index (χ4n) is 3.65. The maximum Gasteiger partial charge on any atom is 0.0803 e. The van der Waals surface area contributed by atoms with Gasteiger partial charge in [-0.3, -0.25) is 0 Å². The average molecular weight is 241 g/mol. The van der Waals surface area contributed by atoms with Crippen LogP contribution in [0.15, 0.2) is 0 Å². The second-order valence-corrected chi connectivity index (χ2v) is 5.75. The summed E-state index contributed by atoms with van der Waals surface area (Å²) < 4.78 is 5.82. The molecular weight excluding hydrogens is 210 g/mol. The first kappa shape index (κ1) is 15.0. The molecule has 1 fully saturated rings. The van der Waals surface area contributed by atoms with Crippen LogP contribution in [0.1, 0.15) is 59.3 Å². The molecule has 0 radical (unpaired) electrons. The first-order valence-electron chi connectivity index (χ1n) is 7.35. The number of nitrogens with one attached hydrogen (secondary N) is 1. The first-order chi connectivity index (χ1) is 8.12. The van der Waals surface area contributed by atoms with Gasteiger partial charge in [-0.2, -0.15) is 0 Å². The topological polar surface area (TPSA) is 21.3 Å². The van der Waals surface area contributed by atoms with Crippen molar-refractivity contribution in [3.63, 3.8) is 0 Å². The Bertz CT molecular complexity index is 213. The van der Waals surface area contributed by atoms with Gasteiger partial charge in [-0.05, 0) is 38.6 Å². The van der Waals surface area contributed by atoms with Gasteiger partial charge in [0.05, 0.1) is 5.60 Å². The van der Waals surface area contributed by atoms with E-state index < -0.39 is 0 Å². The minimum atomic E-state index is -0.0236. The maximum atomic E-state index is 5.82. The van der Waals surface area contributed by atoms with E-state index in [0.29, 0.717) is 6.04 Å². The van der Waals surface area contributed by atoms with Gasteiger partial charge in [0.1, 0.15) is 0 Å². The molecule has 0 aromatic heterocycles. The van der Waals surface area contributed by atoms with Gasteiger partial charge >= 0.3 is 0 Å². The van der Waals surface area contributed by atoms with E-state index in [1.54, 1.807) is 0 Å². The molecule has 1 saturated carbocycles. The lowest BCUT2D eigenvalue weighted by molar-refractivity contribution is -0.0572. The molecule has 0 aromatic rings. The van der Waals surface area contributed by atoms with Crippen LogP contribution in [0.5, 0.6) is 0 Å². The summed E-state index contributed by atoms with van der Waals surface area (Å²) in [6.45, 7) is 6.83. The monoisotopic (exact) mass is 241 g/mol. The van der Waals surface area contributed by atoms with Crippen molar-refractivity contribution in [3.05, 3.63) is 0 Å². The molecule has 2 heteroatoms. The molecule has 2 nitrogen and oxygen atoms in total.